The Kier molecular flexibility index (Phi) is 17.1. The van der Waals surface area contributed by atoms with Crippen LogP contribution >= 0.6 is 0 Å². The second-order valence-corrected chi connectivity index (χ2v) is 10.4. The summed E-state index contributed by atoms with van der Waals surface area (Å²) in [5.74, 6) is -0.674. The third-order valence-corrected chi connectivity index (χ3v) is 7.43. The fourth-order valence-electron chi connectivity index (χ4n) is 5.50. The zero-order chi connectivity index (χ0) is 25.2. The van der Waals surface area contributed by atoms with Gasteiger partial charge in [0, 0.05) is 0 Å². The van der Waals surface area contributed by atoms with Crippen molar-refractivity contribution in [3.63, 3.8) is 0 Å². The summed E-state index contributed by atoms with van der Waals surface area (Å²) in [6.07, 6.45) is 23.0. The van der Waals surface area contributed by atoms with Crippen LogP contribution in [-0.4, -0.2) is 11.1 Å². The molecule has 34 heavy (non-hydrogen) atoms. The molecule has 0 saturated heterocycles. The van der Waals surface area contributed by atoms with E-state index in [0.29, 0.717) is 5.56 Å². The Balaban J connectivity index is 3.76. The van der Waals surface area contributed by atoms with E-state index in [1.165, 1.54) is 106 Å². The fourth-order valence-corrected chi connectivity index (χ4v) is 5.50. The van der Waals surface area contributed by atoms with Gasteiger partial charge in [0.1, 0.15) is 0 Å². The molecule has 1 N–H and O–H groups in total. The molecule has 0 saturated carbocycles. The van der Waals surface area contributed by atoms with E-state index in [4.69, 9.17) is 0 Å². The second kappa shape index (κ2) is 18.9. The summed E-state index contributed by atoms with van der Waals surface area (Å²) in [4.78, 5) is 12.8. The minimum absolute atomic E-state index is 0.674. The van der Waals surface area contributed by atoms with Crippen molar-refractivity contribution in [2.24, 2.45) is 0 Å². The minimum Gasteiger partial charge on any atom is -0.478 e. The maximum Gasteiger partial charge on any atom is 0.336 e. The standard InChI is InChI=1S/C32H56O2/c1-6-11-16-21-26-27(22-17-12-7-2)29(24-19-14-9-4)31(32(33)34)30(25-20-15-10-5)28(26)23-18-13-8-3/h6-25H2,1-5H3,(H,33,34). The number of aromatic carboxylic acids is 1. The van der Waals surface area contributed by atoms with Gasteiger partial charge in [0.15, 0.2) is 0 Å². The Hall–Kier alpha value is -1.31. The van der Waals surface area contributed by atoms with Crippen LogP contribution in [0, 0.1) is 0 Å². The van der Waals surface area contributed by atoms with Crippen LogP contribution in [0.25, 0.3) is 0 Å². The van der Waals surface area contributed by atoms with Crippen molar-refractivity contribution < 1.29 is 9.90 Å². The molecule has 1 aromatic carbocycles. The summed E-state index contributed by atoms with van der Waals surface area (Å²) in [6, 6.07) is 0. The summed E-state index contributed by atoms with van der Waals surface area (Å²) in [5.41, 5.74) is 7.62. The lowest BCUT2D eigenvalue weighted by molar-refractivity contribution is 0.0694. The van der Waals surface area contributed by atoms with Crippen molar-refractivity contribution in [1.29, 1.82) is 0 Å². The van der Waals surface area contributed by atoms with Crippen LogP contribution in [0.4, 0.5) is 0 Å². The molecule has 0 spiro atoms. The van der Waals surface area contributed by atoms with Crippen LogP contribution in [0.15, 0.2) is 0 Å². The van der Waals surface area contributed by atoms with Crippen LogP contribution < -0.4 is 0 Å². The van der Waals surface area contributed by atoms with Crippen LogP contribution in [0.1, 0.15) is 169 Å². The summed E-state index contributed by atoms with van der Waals surface area (Å²) in [7, 11) is 0. The van der Waals surface area contributed by atoms with Crippen molar-refractivity contribution in [3.8, 4) is 0 Å². The zero-order valence-electron chi connectivity index (χ0n) is 23.5. The molecule has 1 rings (SSSR count). The molecule has 0 aromatic heterocycles. The Morgan fingerprint density at radius 2 is 0.676 bits per heavy atom. The number of unbranched alkanes of at least 4 members (excludes halogenated alkanes) is 10. The molecule has 0 heterocycles. The number of carboxylic acid groups (broad SMARTS) is 1. The molecule has 0 atom stereocenters. The molecule has 0 amide bonds. The van der Waals surface area contributed by atoms with E-state index in [1.807, 2.05) is 0 Å². The average Bonchev–Trinajstić information content (AvgIpc) is 2.82. The maximum atomic E-state index is 12.8. The van der Waals surface area contributed by atoms with Gasteiger partial charge in [-0.2, -0.15) is 0 Å². The lowest BCUT2D eigenvalue weighted by Gasteiger charge is -2.26. The van der Waals surface area contributed by atoms with Crippen LogP contribution in [0.3, 0.4) is 0 Å². The second-order valence-electron chi connectivity index (χ2n) is 10.4. The number of carboxylic acids is 1. The molecule has 0 fully saturated rings. The molecule has 0 radical (unpaired) electrons. The van der Waals surface area contributed by atoms with E-state index in [0.717, 1.165) is 44.9 Å². The molecule has 0 aliphatic heterocycles. The first-order valence-corrected chi connectivity index (χ1v) is 15.0. The predicted octanol–water partition coefficient (Wildman–Crippen LogP) is 10.0. The van der Waals surface area contributed by atoms with Crippen LogP contribution in [0.2, 0.25) is 0 Å². The smallest absolute Gasteiger partial charge is 0.336 e. The Bertz CT molecular complexity index is 644. The third-order valence-electron chi connectivity index (χ3n) is 7.43. The molecule has 196 valence electrons. The van der Waals surface area contributed by atoms with Crippen molar-refractivity contribution >= 4 is 5.97 Å². The van der Waals surface area contributed by atoms with Gasteiger partial charge in [-0.1, -0.05) is 98.8 Å². The van der Waals surface area contributed by atoms with Gasteiger partial charge in [-0.05, 0) is 92.0 Å². The highest BCUT2D eigenvalue weighted by Gasteiger charge is 2.26. The van der Waals surface area contributed by atoms with E-state index in [1.54, 1.807) is 5.56 Å². The summed E-state index contributed by atoms with van der Waals surface area (Å²) >= 11 is 0. The average molecular weight is 473 g/mol. The van der Waals surface area contributed by atoms with Crippen molar-refractivity contribution in [2.45, 2.75) is 163 Å². The molecule has 0 aliphatic carbocycles. The fraction of sp³-hybridized carbons (Fsp3) is 0.781. The van der Waals surface area contributed by atoms with E-state index < -0.39 is 5.97 Å². The summed E-state index contributed by atoms with van der Waals surface area (Å²) in [5, 5.41) is 10.6. The third kappa shape index (κ3) is 10.1. The van der Waals surface area contributed by atoms with Gasteiger partial charge in [-0.3, -0.25) is 0 Å². The molecule has 1 aromatic rings. The highest BCUT2D eigenvalue weighted by molar-refractivity contribution is 5.92. The Morgan fingerprint density at radius 3 is 0.912 bits per heavy atom. The van der Waals surface area contributed by atoms with Crippen molar-refractivity contribution in [3.05, 3.63) is 33.4 Å². The van der Waals surface area contributed by atoms with Gasteiger partial charge in [-0.15, -0.1) is 0 Å². The molecule has 2 heteroatoms. The normalized spacial score (nSPS) is 11.3. The van der Waals surface area contributed by atoms with E-state index in [9.17, 15) is 9.90 Å². The topological polar surface area (TPSA) is 37.3 Å². The van der Waals surface area contributed by atoms with Gasteiger partial charge in [0.25, 0.3) is 0 Å². The molecule has 0 bridgehead atoms. The first-order chi connectivity index (χ1) is 16.6. The summed E-state index contributed by atoms with van der Waals surface area (Å²) < 4.78 is 0. The molecule has 0 aliphatic rings. The molecule has 0 unspecified atom stereocenters. The largest absolute Gasteiger partial charge is 0.478 e. The molecular formula is C32H56O2. The Morgan fingerprint density at radius 1 is 0.441 bits per heavy atom. The number of hydrogen-bond donors (Lipinski definition) is 1. The number of carbonyl (C=O) groups is 1. The Labute approximate surface area is 212 Å². The first-order valence-electron chi connectivity index (χ1n) is 15.0. The summed E-state index contributed by atoms with van der Waals surface area (Å²) in [6.45, 7) is 11.3. The highest BCUT2D eigenvalue weighted by Crippen LogP contribution is 2.35. The van der Waals surface area contributed by atoms with Crippen LogP contribution in [-0.2, 0) is 32.1 Å². The van der Waals surface area contributed by atoms with Gasteiger partial charge in [0.2, 0.25) is 0 Å². The number of rotatable bonds is 21. The van der Waals surface area contributed by atoms with Crippen molar-refractivity contribution in [2.75, 3.05) is 0 Å². The van der Waals surface area contributed by atoms with Crippen LogP contribution in [0.5, 0.6) is 0 Å². The SMILES string of the molecule is CCCCCc1c(CCCCC)c(CCCCC)c(C(=O)O)c(CCCCC)c1CCCCC. The zero-order valence-corrected chi connectivity index (χ0v) is 23.5. The number of hydrogen-bond acceptors (Lipinski definition) is 1. The van der Waals surface area contributed by atoms with Gasteiger partial charge < -0.3 is 5.11 Å². The maximum absolute atomic E-state index is 12.8. The highest BCUT2D eigenvalue weighted by atomic mass is 16.4. The van der Waals surface area contributed by atoms with E-state index in [-0.39, 0.29) is 0 Å². The van der Waals surface area contributed by atoms with Gasteiger partial charge >= 0.3 is 5.97 Å². The quantitative estimate of drug-likeness (QED) is 0.181. The molecular weight excluding hydrogens is 416 g/mol. The lowest BCUT2D eigenvalue weighted by Crippen LogP contribution is -2.18. The van der Waals surface area contributed by atoms with Gasteiger partial charge in [0.05, 0.1) is 5.56 Å². The van der Waals surface area contributed by atoms with E-state index >= 15 is 0 Å². The predicted molar refractivity (Wildman–Crippen MR) is 150 cm³/mol. The number of benzene rings is 1. The minimum atomic E-state index is -0.674. The monoisotopic (exact) mass is 472 g/mol. The van der Waals surface area contributed by atoms with Crippen molar-refractivity contribution in [1.82, 2.24) is 0 Å². The first kappa shape index (κ1) is 30.7. The van der Waals surface area contributed by atoms with E-state index in [2.05, 4.69) is 34.6 Å². The lowest BCUT2D eigenvalue weighted by atomic mass is 9.78. The van der Waals surface area contributed by atoms with Gasteiger partial charge in [-0.25, -0.2) is 4.79 Å². The molecule has 2 nitrogen and oxygen atoms in total.